The molecule has 0 bridgehead atoms. The summed E-state index contributed by atoms with van der Waals surface area (Å²) in [4.78, 5) is 12.3. The minimum Gasteiger partial charge on any atom is -0.320 e. The van der Waals surface area contributed by atoms with Crippen LogP contribution < -0.4 is 5.32 Å². The molecule has 0 aliphatic carbocycles. The maximum Gasteiger partial charge on any atom is 0.259 e. The average Bonchev–Trinajstić information content (AvgIpc) is 2.97. The van der Waals surface area contributed by atoms with Gasteiger partial charge in [-0.3, -0.25) is 15.0 Å². The molecule has 2 heterocycles. The highest BCUT2D eigenvalue weighted by Gasteiger charge is 2.16. The van der Waals surface area contributed by atoms with Gasteiger partial charge in [-0.25, -0.2) is 0 Å². The molecule has 3 rings (SSSR count). The second-order valence-electron chi connectivity index (χ2n) is 4.40. The first-order valence-electron chi connectivity index (χ1n) is 5.92. The lowest BCUT2D eigenvalue weighted by Crippen LogP contribution is -2.14. The van der Waals surface area contributed by atoms with Crippen molar-refractivity contribution in [2.45, 2.75) is 13.8 Å². The summed E-state index contributed by atoms with van der Waals surface area (Å²) in [7, 11) is 0. The third-order valence-corrected chi connectivity index (χ3v) is 3.08. The van der Waals surface area contributed by atoms with Crippen molar-refractivity contribution >= 4 is 22.5 Å². The van der Waals surface area contributed by atoms with E-state index in [0.29, 0.717) is 16.9 Å². The number of hydrogen-bond donors (Lipinski definition) is 3. The van der Waals surface area contributed by atoms with Gasteiger partial charge in [-0.2, -0.15) is 10.2 Å². The fourth-order valence-electron chi connectivity index (χ4n) is 2.14. The summed E-state index contributed by atoms with van der Waals surface area (Å²) >= 11 is 0. The van der Waals surface area contributed by atoms with E-state index >= 15 is 0 Å². The van der Waals surface area contributed by atoms with Crippen LogP contribution in [0.3, 0.4) is 0 Å². The van der Waals surface area contributed by atoms with E-state index in [9.17, 15) is 4.79 Å². The van der Waals surface area contributed by atoms with Gasteiger partial charge < -0.3 is 5.32 Å². The molecule has 96 valence electrons. The molecule has 19 heavy (non-hydrogen) atoms. The van der Waals surface area contributed by atoms with Gasteiger partial charge in [0.2, 0.25) is 0 Å². The van der Waals surface area contributed by atoms with Gasteiger partial charge in [-0.1, -0.05) is 12.1 Å². The largest absolute Gasteiger partial charge is 0.320 e. The number of aryl methyl sites for hydroxylation is 2. The topological polar surface area (TPSA) is 86.5 Å². The number of anilines is 1. The molecule has 1 aromatic carbocycles. The highest BCUT2D eigenvalue weighted by atomic mass is 16.1. The van der Waals surface area contributed by atoms with Crippen LogP contribution in [-0.2, 0) is 0 Å². The van der Waals surface area contributed by atoms with Crippen LogP contribution in [0, 0.1) is 13.8 Å². The zero-order chi connectivity index (χ0) is 13.4. The van der Waals surface area contributed by atoms with E-state index in [-0.39, 0.29) is 5.91 Å². The quantitative estimate of drug-likeness (QED) is 0.655. The Labute approximate surface area is 109 Å². The van der Waals surface area contributed by atoms with Gasteiger partial charge in [0.05, 0.1) is 28.7 Å². The van der Waals surface area contributed by atoms with Gasteiger partial charge >= 0.3 is 0 Å². The number of carbonyl (C=O) groups excluding carboxylic acids is 1. The average molecular weight is 255 g/mol. The van der Waals surface area contributed by atoms with Crippen LogP contribution in [0.5, 0.6) is 0 Å². The Morgan fingerprint density at radius 2 is 2.11 bits per heavy atom. The van der Waals surface area contributed by atoms with Crippen LogP contribution in [0.2, 0.25) is 0 Å². The highest BCUT2D eigenvalue weighted by Crippen LogP contribution is 2.21. The van der Waals surface area contributed by atoms with Crippen LogP contribution in [0.4, 0.5) is 5.69 Å². The van der Waals surface area contributed by atoms with Crippen LogP contribution in [0.25, 0.3) is 10.9 Å². The zero-order valence-corrected chi connectivity index (χ0v) is 10.6. The molecular weight excluding hydrogens is 242 g/mol. The number of fused-ring (bicyclic) bond motifs is 1. The first-order valence-corrected chi connectivity index (χ1v) is 5.92. The summed E-state index contributed by atoms with van der Waals surface area (Å²) in [5, 5.41) is 17.5. The van der Waals surface area contributed by atoms with E-state index in [4.69, 9.17) is 0 Å². The Morgan fingerprint density at radius 3 is 2.84 bits per heavy atom. The fraction of sp³-hybridized carbons (Fsp3) is 0.154. The number of carbonyl (C=O) groups is 1. The van der Waals surface area contributed by atoms with E-state index in [0.717, 1.165) is 16.6 Å². The molecule has 3 N–H and O–H groups in total. The van der Waals surface area contributed by atoms with Crippen LogP contribution in [-0.4, -0.2) is 26.3 Å². The summed E-state index contributed by atoms with van der Waals surface area (Å²) in [6.45, 7) is 3.63. The first-order chi connectivity index (χ1) is 9.16. The summed E-state index contributed by atoms with van der Waals surface area (Å²) in [5.74, 6) is -0.175. The third-order valence-electron chi connectivity index (χ3n) is 3.08. The number of nitrogens with one attached hydrogen (secondary N) is 3. The van der Waals surface area contributed by atoms with Crippen molar-refractivity contribution in [3.05, 3.63) is 41.3 Å². The number of rotatable bonds is 2. The van der Waals surface area contributed by atoms with Crippen molar-refractivity contribution in [3.63, 3.8) is 0 Å². The molecule has 0 saturated heterocycles. The predicted molar refractivity (Wildman–Crippen MR) is 72.1 cm³/mol. The van der Waals surface area contributed by atoms with Crippen molar-refractivity contribution in [1.82, 2.24) is 20.4 Å². The van der Waals surface area contributed by atoms with Crippen molar-refractivity contribution in [3.8, 4) is 0 Å². The minimum absolute atomic E-state index is 0.175. The number of para-hydroxylation sites is 1. The van der Waals surface area contributed by atoms with E-state index in [1.54, 1.807) is 13.1 Å². The standard InChI is InChI=1S/C13H13N5O/c1-7-11(8(2)17-16-7)13(19)15-10-5-3-4-9-6-14-18-12(9)10/h3-6H,1-2H3,(H,14,18)(H,15,19)(H,16,17). The second-order valence-corrected chi connectivity index (χ2v) is 4.40. The predicted octanol–water partition coefficient (Wildman–Crippen LogP) is 2.16. The molecule has 2 aromatic heterocycles. The smallest absolute Gasteiger partial charge is 0.259 e. The summed E-state index contributed by atoms with van der Waals surface area (Å²) in [6.07, 6.45) is 1.72. The monoisotopic (exact) mass is 255 g/mol. The molecule has 3 aromatic rings. The summed E-state index contributed by atoms with van der Waals surface area (Å²) in [6, 6.07) is 5.65. The first kappa shape index (κ1) is 11.5. The molecule has 1 amide bonds. The molecule has 6 heteroatoms. The van der Waals surface area contributed by atoms with E-state index < -0.39 is 0 Å². The van der Waals surface area contributed by atoms with Gasteiger partial charge in [0.15, 0.2) is 0 Å². The van der Waals surface area contributed by atoms with E-state index in [1.165, 1.54) is 0 Å². The number of amides is 1. The molecule has 0 radical (unpaired) electrons. The SMILES string of the molecule is Cc1n[nH]c(C)c1C(=O)Nc1cccc2cn[nH]c12. The van der Waals surface area contributed by atoms with E-state index in [1.807, 2.05) is 25.1 Å². The molecule has 6 nitrogen and oxygen atoms in total. The second kappa shape index (κ2) is 4.24. The zero-order valence-electron chi connectivity index (χ0n) is 10.6. The molecule has 0 fully saturated rings. The van der Waals surface area contributed by atoms with Gasteiger partial charge in [-0.15, -0.1) is 0 Å². The molecule has 0 aliphatic rings. The number of H-pyrrole nitrogens is 2. The molecular formula is C13H13N5O. The Kier molecular flexibility index (Phi) is 2.56. The van der Waals surface area contributed by atoms with Gasteiger partial charge in [-0.05, 0) is 19.9 Å². The van der Waals surface area contributed by atoms with Gasteiger partial charge in [0, 0.05) is 11.1 Å². The number of hydrogen-bond acceptors (Lipinski definition) is 3. The highest BCUT2D eigenvalue weighted by molar-refractivity contribution is 6.09. The number of aromatic nitrogens is 4. The van der Waals surface area contributed by atoms with Gasteiger partial charge in [0.25, 0.3) is 5.91 Å². The lowest BCUT2D eigenvalue weighted by Gasteiger charge is -2.06. The Hall–Kier alpha value is -2.63. The molecule has 0 atom stereocenters. The summed E-state index contributed by atoms with van der Waals surface area (Å²) in [5.41, 5.74) is 3.55. The van der Waals surface area contributed by atoms with E-state index in [2.05, 4.69) is 25.7 Å². The van der Waals surface area contributed by atoms with Crippen molar-refractivity contribution in [2.24, 2.45) is 0 Å². The normalized spacial score (nSPS) is 10.8. The van der Waals surface area contributed by atoms with Crippen molar-refractivity contribution < 1.29 is 4.79 Å². The minimum atomic E-state index is -0.175. The number of aromatic amines is 2. The molecule has 0 unspecified atom stereocenters. The summed E-state index contributed by atoms with van der Waals surface area (Å²) < 4.78 is 0. The van der Waals surface area contributed by atoms with Gasteiger partial charge in [0.1, 0.15) is 0 Å². The molecule has 0 spiro atoms. The lowest BCUT2D eigenvalue weighted by atomic mass is 10.1. The number of benzene rings is 1. The maximum atomic E-state index is 12.3. The maximum absolute atomic E-state index is 12.3. The Balaban J connectivity index is 1.98. The Morgan fingerprint density at radius 1 is 1.26 bits per heavy atom. The van der Waals surface area contributed by atoms with Crippen LogP contribution in [0.1, 0.15) is 21.7 Å². The fourth-order valence-corrected chi connectivity index (χ4v) is 2.14. The Bertz CT molecular complexity index is 736. The lowest BCUT2D eigenvalue weighted by molar-refractivity contribution is 0.102. The van der Waals surface area contributed by atoms with Crippen LogP contribution in [0.15, 0.2) is 24.4 Å². The van der Waals surface area contributed by atoms with Crippen LogP contribution >= 0.6 is 0 Å². The van der Waals surface area contributed by atoms with Crippen molar-refractivity contribution in [1.29, 1.82) is 0 Å². The van der Waals surface area contributed by atoms with Crippen molar-refractivity contribution in [2.75, 3.05) is 5.32 Å². The third kappa shape index (κ3) is 1.87. The molecule has 0 aliphatic heterocycles. The molecule has 0 saturated carbocycles. The number of nitrogens with zero attached hydrogens (tertiary/aromatic N) is 2.